The molecule has 1 saturated heterocycles. The smallest absolute Gasteiger partial charge is 0.266 e. The van der Waals surface area contributed by atoms with Gasteiger partial charge in [-0.2, -0.15) is 4.98 Å². The maximum atomic E-state index is 12.4. The van der Waals surface area contributed by atoms with Gasteiger partial charge in [-0.15, -0.1) is 0 Å². The van der Waals surface area contributed by atoms with Crippen LogP contribution in [0.5, 0.6) is 0 Å². The zero-order valence-electron chi connectivity index (χ0n) is 12.2. The second-order valence-electron chi connectivity index (χ2n) is 5.43. The lowest BCUT2D eigenvalue weighted by atomic mass is 9.99. The van der Waals surface area contributed by atoms with E-state index in [2.05, 4.69) is 15.0 Å². The summed E-state index contributed by atoms with van der Waals surface area (Å²) in [4.78, 5) is 18.9. The Labute approximate surface area is 124 Å². The van der Waals surface area contributed by atoms with Crippen LogP contribution in [-0.2, 0) is 0 Å². The maximum absolute atomic E-state index is 12.4. The van der Waals surface area contributed by atoms with E-state index in [1.54, 1.807) is 12.1 Å². The van der Waals surface area contributed by atoms with Crippen molar-refractivity contribution in [2.24, 2.45) is 0 Å². The number of aromatic nitrogens is 2. The van der Waals surface area contributed by atoms with Gasteiger partial charge in [0.2, 0.25) is 5.89 Å². The fourth-order valence-electron chi connectivity index (χ4n) is 2.59. The van der Waals surface area contributed by atoms with Crippen LogP contribution < -0.4 is 4.90 Å². The van der Waals surface area contributed by atoms with E-state index in [1.165, 1.54) is 6.42 Å². The largest absolute Gasteiger partial charge is 0.338 e. The molecule has 21 heavy (non-hydrogen) atoms. The van der Waals surface area contributed by atoms with E-state index in [-0.39, 0.29) is 5.78 Å². The molecule has 1 atom stereocenters. The number of rotatable bonds is 4. The van der Waals surface area contributed by atoms with Crippen LogP contribution in [0.15, 0.2) is 34.9 Å². The monoisotopic (exact) mass is 285 g/mol. The molecule has 1 unspecified atom stereocenters. The Kier molecular flexibility index (Phi) is 3.99. The van der Waals surface area contributed by atoms with Crippen molar-refractivity contribution in [3.05, 3.63) is 41.8 Å². The molecule has 3 rings (SSSR count). The molecule has 0 radical (unpaired) electrons. The third-order valence-electron chi connectivity index (χ3n) is 3.89. The van der Waals surface area contributed by atoms with Crippen molar-refractivity contribution in [3.63, 3.8) is 0 Å². The summed E-state index contributed by atoms with van der Waals surface area (Å²) in [6.07, 6.45) is 3.56. The van der Waals surface area contributed by atoms with Gasteiger partial charge in [-0.3, -0.25) is 4.79 Å². The van der Waals surface area contributed by atoms with Crippen molar-refractivity contribution >= 4 is 11.7 Å². The molecule has 0 N–H and O–H groups in total. The Morgan fingerprint density at radius 2 is 1.90 bits per heavy atom. The SMILES string of the molecule is CC(C(=O)c1ccccc1)c1nc(N2CCCCC2)no1. The average molecular weight is 285 g/mol. The van der Waals surface area contributed by atoms with Gasteiger partial charge in [-0.1, -0.05) is 30.3 Å². The number of hydrogen-bond donors (Lipinski definition) is 0. The first kappa shape index (κ1) is 13.8. The van der Waals surface area contributed by atoms with Crippen molar-refractivity contribution in [1.82, 2.24) is 10.1 Å². The van der Waals surface area contributed by atoms with Crippen LogP contribution in [0.4, 0.5) is 5.95 Å². The van der Waals surface area contributed by atoms with E-state index in [9.17, 15) is 4.79 Å². The minimum absolute atomic E-state index is 0.00411. The highest BCUT2D eigenvalue weighted by Crippen LogP contribution is 2.22. The lowest BCUT2D eigenvalue weighted by Gasteiger charge is -2.24. The number of benzene rings is 1. The van der Waals surface area contributed by atoms with E-state index in [4.69, 9.17) is 4.52 Å². The minimum Gasteiger partial charge on any atom is -0.338 e. The third kappa shape index (κ3) is 2.96. The summed E-state index contributed by atoms with van der Waals surface area (Å²) in [6.45, 7) is 3.73. The van der Waals surface area contributed by atoms with Gasteiger partial charge in [-0.05, 0) is 31.3 Å². The molecule has 5 nitrogen and oxygen atoms in total. The molecule has 1 aliphatic heterocycles. The molecule has 0 aliphatic carbocycles. The van der Waals surface area contributed by atoms with Crippen molar-refractivity contribution in [1.29, 1.82) is 0 Å². The van der Waals surface area contributed by atoms with Gasteiger partial charge in [0.25, 0.3) is 5.95 Å². The van der Waals surface area contributed by atoms with E-state index in [0.717, 1.165) is 25.9 Å². The average Bonchev–Trinajstić information content (AvgIpc) is 3.05. The van der Waals surface area contributed by atoms with Gasteiger partial charge in [0.15, 0.2) is 5.78 Å². The standard InChI is InChI=1S/C16H19N3O2/c1-12(14(20)13-8-4-2-5-9-13)15-17-16(18-21-15)19-10-6-3-7-11-19/h2,4-5,8-9,12H,3,6-7,10-11H2,1H3. The Morgan fingerprint density at radius 3 is 2.62 bits per heavy atom. The van der Waals surface area contributed by atoms with E-state index in [0.29, 0.717) is 17.4 Å². The summed E-state index contributed by atoms with van der Waals surface area (Å²) in [5, 5.41) is 4.02. The molecule has 1 fully saturated rings. The molecular formula is C16H19N3O2. The molecule has 1 aromatic heterocycles. The van der Waals surface area contributed by atoms with Gasteiger partial charge in [0.05, 0.1) is 5.92 Å². The molecule has 1 aromatic carbocycles. The van der Waals surface area contributed by atoms with Crippen molar-refractivity contribution < 1.29 is 9.32 Å². The summed E-state index contributed by atoms with van der Waals surface area (Å²) in [6, 6.07) is 9.21. The molecule has 0 spiro atoms. The second kappa shape index (κ2) is 6.08. The van der Waals surface area contributed by atoms with Crippen LogP contribution >= 0.6 is 0 Å². The summed E-state index contributed by atoms with van der Waals surface area (Å²) in [5.41, 5.74) is 0.669. The molecule has 110 valence electrons. The number of Topliss-reactive ketones (excluding diaryl/α,β-unsaturated/α-hetero) is 1. The van der Waals surface area contributed by atoms with Crippen LogP contribution in [0.1, 0.15) is 48.4 Å². The van der Waals surface area contributed by atoms with Gasteiger partial charge in [0.1, 0.15) is 0 Å². The lowest BCUT2D eigenvalue weighted by molar-refractivity contribution is 0.0951. The van der Waals surface area contributed by atoms with Crippen LogP contribution in [0.2, 0.25) is 0 Å². The molecule has 0 saturated carbocycles. The van der Waals surface area contributed by atoms with Crippen molar-refractivity contribution in [3.8, 4) is 0 Å². The third-order valence-corrected chi connectivity index (χ3v) is 3.89. The first-order chi connectivity index (χ1) is 10.3. The highest BCUT2D eigenvalue weighted by molar-refractivity contribution is 6.00. The zero-order valence-corrected chi connectivity index (χ0v) is 12.2. The normalized spacial score (nSPS) is 16.7. The fraction of sp³-hybridized carbons (Fsp3) is 0.438. The van der Waals surface area contributed by atoms with Crippen LogP contribution in [0.3, 0.4) is 0 Å². The zero-order chi connectivity index (χ0) is 14.7. The molecule has 5 heteroatoms. The number of piperidine rings is 1. The molecule has 0 amide bonds. The quantitative estimate of drug-likeness (QED) is 0.808. The topological polar surface area (TPSA) is 59.2 Å². The Bertz CT molecular complexity index is 603. The van der Waals surface area contributed by atoms with Gasteiger partial charge in [-0.25, -0.2) is 0 Å². The van der Waals surface area contributed by atoms with Gasteiger partial charge in [0, 0.05) is 18.7 Å². The summed E-state index contributed by atoms with van der Waals surface area (Å²) in [5.74, 6) is 0.588. The first-order valence-corrected chi connectivity index (χ1v) is 7.43. The Morgan fingerprint density at radius 1 is 1.19 bits per heavy atom. The molecule has 1 aliphatic rings. The van der Waals surface area contributed by atoms with E-state index >= 15 is 0 Å². The number of anilines is 1. The minimum atomic E-state index is -0.418. The molecular weight excluding hydrogens is 266 g/mol. The van der Waals surface area contributed by atoms with E-state index in [1.807, 2.05) is 25.1 Å². The Balaban J connectivity index is 1.74. The predicted molar refractivity (Wildman–Crippen MR) is 79.5 cm³/mol. The number of carbonyl (C=O) groups is 1. The molecule has 2 heterocycles. The van der Waals surface area contributed by atoms with Crippen molar-refractivity contribution in [2.45, 2.75) is 32.1 Å². The van der Waals surface area contributed by atoms with Gasteiger partial charge < -0.3 is 9.42 Å². The Hall–Kier alpha value is -2.17. The van der Waals surface area contributed by atoms with Gasteiger partial charge >= 0.3 is 0 Å². The highest BCUT2D eigenvalue weighted by atomic mass is 16.5. The first-order valence-electron chi connectivity index (χ1n) is 7.43. The van der Waals surface area contributed by atoms with Crippen molar-refractivity contribution in [2.75, 3.05) is 18.0 Å². The summed E-state index contributed by atoms with van der Waals surface area (Å²) >= 11 is 0. The number of ketones is 1. The number of hydrogen-bond acceptors (Lipinski definition) is 5. The highest BCUT2D eigenvalue weighted by Gasteiger charge is 2.25. The summed E-state index contributed by atoms with van der Waals surface area (Å²) < 4.78 is 5.30. The second-order valence-corrected chi connectivity index (χ2v) is 5.43. The molecule has 0 bridgehead atoms. The van der Waals surface area contributed by atoms with Crippen LogP contribution in [0, 0.1) is 0 Å². The lowest BCUT2D eigenvalue weighted by Crippen LogP contribution is -2.30. The fourth-order valence-corrected chi connectivity index (χ4v) is 2.59. The maximum Gasteiger partial charge on any atom is 0.266 e. The predicted octanol–water partition coefficient (Wildman–Crippen LogP) is 3.05. The number of carbonyl (C=O) groups excluding carboxylic acids is 1. The number of nitrogens with zero attached hydrogens (tertiary/aromatic N) is 3. The summed E-state index contributed by atoms with van der Waals surface area (Å²) in [7, 11) is 0. The van der Waals surface area contributed by atoms with Crippen LogP contribution in [-0.4, -0.2) is 29.0 Å². The van der Waals surface area contributed by atoms with E-state index < -0.39 is 5.92 Å². The van der Waals surface area contributed by atoms with Crippen LogP contribution in [0.25, 0.3) is 0 Å². The molecule has 2 aromatic rings.